The molecule has 1 fully saturated rings. The minimum Gasteiger partial charge on any atom is -0.444 e. The second-order valence-electron chi connectivity index (χ2n) is 5.45. The minimum absolute atomic E-state index is 0.217. The number of rotatable bonds is 1. The van der Waals surface area contributed by atoms with E-state index < -0.39 is 5.60 Å². The summed E-state index contributed by atoms with van der Waals surface area (Å²) in [5.41, 5.74) is -0.430. The molecular weight excluding hydrogens is 248 g/mol. The van der Waals surface area contributed by atoms with Gasteiger partial charge in [-0.2, -0.15) is 0 Å². The van der Waals surface area contributed by atoms with Crippen molar-refractivity contribution >= 4 is 17.4 Å². The summed E-state index contributed by atoms with van der Waals surface area (Å²) >= 11 is 1.72. The average Bonchev–Trinajstić information content (AvgIpc) is 2.80. The zero-order valence-corrected chi connectivity index (χ0v) is 11.9. The van der Waals surface area contributed by atoms with Crippen LogP contribution in [0.15, 0.2) is 17.5 Å². The molecular formula is C13H20N2O2S. The van der Waals surface area contributed by atoms with Gasteiger partial charge in [0.05, 0.1) is 6.04 Å². The van der Waals surface area contributed by atoms with E-state index in [4.69, 9.17) is 4.74 Å². The van der Waals surface area contributed by atoms with Crippen LogP contribution in [0.5, 0.6) is 0 Å². The molecule has 0 unspecified atom stereocenters. The Kier molecular flexibility index (Phi) is 3.92. The molecule has 1 aromatic rings. The SMILES string of the molecule is CC(C)(C)OC(=O)N1CCN[C@@H](c2cccs2)C1. The van der Waals surface area contributed by atoms with E-state index in [2.05, 4.69) is 16.8 Å². The quantitative estimate of drug-likeness (QED) is 0.851. The topological polar surface area (TPSA) is 41.6 Å². The summed E-state index contributed by atoms with van der Waals surface area (Å²) in [4.78, 5) is 15.1. The van der Waals surface area contributed by atoms with Gasteiger partial charge >= 0.3 is 6.09 Å². The molecule has 1 aromatic heterocycles. The third-order valence-corrected chi connectivity index (χ3v) is 3.70. The Morgan fingerprint density at radius 2 is 2.33 bits per heavy atom. The molecule has 1 aliphatic heterocycles. The molecule has 4 nitrogen and oxygen atoms in total. The van der Waals surface area contributed by atoms with Crippen LogP contribution in [-0.4, -0.2) is 36.2 Å². The molecule has 0 spiro atoms. The molecule has 100 valence electrons. The first-order valence-corrected chi connectivity index (χ1v) is 7.08. The van der Waals surface area contributed by atoms with Crippen LogP contribution < -0.4 is 5.32 Å². The zero-order chi connectivity index (χ0) is 13.2. The summed E-state index contributed by atoms with van der Waals surface area (Å²) in [6.45, 7) is 7.87. The first kappa shape index (κ1) is 13.4. The largest absolute Gasteiger partial charge is 0.444 e. The summed E-state index contributed by atoms with van der Waals surface area (Å²) in [5, 5.41) is 5.49. The lowest BCUT2D eigenvalue weighted by Crippen LogP contribution is -2.49. The maximum atomic E-state index is 12.0. The van der Waals surface area contributed by atoms with E-state index in [1.807, 2.05) is 26.8 Å². The van der Waals surface area contributed by atoms with Gasteiger partial charge in [0.25, 0.3) is 0 Å². The van der Waals surface area contributed by atoms with Crippen molar-refractivity contribution in [1.29, 1.82) is 0 Å². The molecule has 0 radical (unpaired) electrons. The van der Waals surface area contributed by atoms with Gasteiger partial charge in [0, 0.05) is 24.5 Å². The first-order valence-electron chi connectivity index (χ1n) is 6.20. The monoisotopic (exact) mass is 268 g/mol. The molecule has 0 aromatic carbocycles. The van der Waals surface area contributed by atoms with E-state index in [9.17, 15) is 4.79 Å². The normalized spacial score (nSPS) is 20.8. The molecule has 0 saturated carbocycles. The molecule has 1 aliphatic rings. The van der Waals surface area contributed by atoms with Gasteiger partial charge in [0.2, 0.25) is 0 Å². The second-order valence-corrected chi connectivity index (χ2v) is 6.43. The Morgan fingerprint density at radius 3 is 2.94 bits per heavy atom. The van der Waals surface area contributed by atoms with Gasteiger partial charge in [-0.1, -0.05) is 6.07 Å². The number of nitrogens with zero attached hydrogens (tertiary/aromatic N) is 1. The average molecular weight is 268 g/mol. The lowest BCUT2D eigenvalue weighted by molar-refractivity contribution is 0.0196. The predicted octanol–water partition coefficient (Wildman–Crippen LogP) is 2.63. The maximum Gasteiger partial charge on any atom is 0.410 e. The van der Waals surface area contributed by atoms with Crippen molar-refractivity contribution in [1.82, 2.24) is 10.2 Å². The van der Waals surface area contributed by atoms with Gasteiger partial charge in [-0.3, -0.25) is 0 Å². The summed E-state index contributed by atoms with van der Waals surface area (Å²) in [5.74, 6) is 0. The van der Waals surface area contributed by atoms with E-state index in [1.54, 1.807) is 16.2 Å². The molecule has 1 amide bonds. The lowest BCUT2D eigenvalue weighted by Gasteiger charge is -2.34. The van der Waals surface area contributed by atoms with Gasteiger partial charge in [0.1, 0.15) is 5.60 Å². The smallest absolute Gasteiger partial charge is 0.410 e. The van der Waals surface area contributed by atoms with Crippen LogP contribution in [0, 0.1) is 0 Å². The first-order chi connectivity index (χ1) is 8.46. The summed E-state index contributed by atoms with van der Waals surface area (Å²) in [7, 11) is 0. The molecule has 2 heterocycles. The van der Waals surface area contributed by atoms with E-state index >= 15 is 0 Å². The van der Waals surface area contributed by atoms with E-state index in [-0.39, 0.29) is 12.1 Å². The van der Waals surface area contributed by atoms with Crippen molar-refractivity contribution in [2.45, 2.75) is 32.4 Å². The van der Waals surface area contributed by atoms with Gasteiger partial charge in [0.15, 0.2) is 0 Å². The Morgan fingerprint density at radius 1 is 1.56 bits per heavy atom. The number of hydrogen-bond acceptors (Lipinski definition) is 4. The molecule has 1 N–H and O–H groups in total. The van der Waals surface area contributed by atoms with Crippen molar-refractivity contribution in [3.63, 3.8) is 0 Å². The molecule has 0 aliphatic carbocycles. The highest BCUT2D eigenvalue weighted by Crippen LogP contribution is 2.22. The fourth-order valence-electron chi connectivity index (χ4n) is 1.92. The van der Waals surface area contributed by atoms with Crippen LogP contribution in [0.4, 0.5) is 4.79 Å². The Bertz CT molecular complexity index is 398. The van der Waals surface area contributed by atoms with E-state index in [0.717, 1.165) is 6.54 Å². The lowest BCUT2D eigenvalue weighted by atomic mass is 10.2. The van der Waals surface area contributed by atoms with Crippen molar-refractivity contribution in [2.24, 2.45) is 0 Å². The number of nitrogens with one attached hydrogen (secondary N) is 1. The van der Waals surface area contributed by atoms with Crippen molar-refractivity contribution in [3.05, 3.63) is 22.4 Å². The van der Waals surface area contributed by atoms with Crippen molar-refractivity contribution in [2.75, 3.05) is 19.6 Å². The number of hydrogen-bond donors (Lipinski definition) is 1. The fraction of sp³-hybridized carbons (Fsp3) is 0.615. The van der Waals surface area contributed by atoms with Crippen LogP contribution in [0.3, 0.4) is 0 Å². The molecule has 1 atom stereocenters. The van der Waals surface area contributed by atoms with Crippen LogP contribution in [0.1, 0.15) is 31.7 Å². The number of thiophene rings is 1. The third-order valence-electron chi connectivity index (χ3n) is 2.71. The zero-order valence-electron chi connectivity index (χ0n) is 11.1. The van der Waals surface area contributed by atoms with Crippen LogP contribution >= 0.6 is 11.3 Å². The standard InChI is InChI=1S/C13H20N2O2S/c1-13(2,3)17-12(16)15-7-6-14-10(9-15)11-5-4-8-18-11/h4-5,8,10,14H,6-7,9H2,1-3H3/t10-/m1/s1. The highest BCUT2D eigenvalue weighted by Gasteiger charge is 2.28. The van der Waals surface area contributed by atoms with E-state index in [1.165, 1.54) is 4.88 Å². The molecule has 0 bridgehead atoms. The Balaban J connectivity index is 1.96. The van der Waals surface area contributed by atoms with Gasteiger partial charge < -0.3 is 15.0 Å². The number of carbonyl (C=O) groups is 1. The summed E-state index contributed by atoms with van der Waals surface area (Å²) in [6.07, 6.45) is -0.217. The van der Waals surface area contributed by atoms with Gasteiger partial charge in [-0.25, -0.2) is 4.79 Å². The minimum atomic E-state index is -0.430. The third kappa shape index (κ3) is 3.46. The second kappa shape index (κ2) is 5.28. The van der Waals surface area contributed by atoms with Crippen LogP contribution in [-0.2, 0) is 4.74 Å². The maximum absolute atomic E-state index is 12.0. The number of carbonyl (C=O) groups excluding carboxylic acids is 1. The summed E-state index contributed by atoms with van der Waals surface area (Å²) < 4.78 is 5.41. The molecule has 2 rings (SSSR count). The number of amides is 1. The van der Waals surface area contributed by atoms with Gasteiger partial charge in [-0.15, -0.1) is 11.3 Å². The molecule has 1 saturated heterocycles. The fourth-order valence-corrected chi connectivity index (χ4v) is 2.72. The highest BCUT2D eigenvalue weighted by atomic mass is 32.1. The van der Waals surface area contributed by atoms with E-state index in [0.29, 0.717) is 13.1 Å². The Hall–Kier alpha value is -1.07. The Labute approximate surface area is 112 Å². The molecule has 5 heteroatoms. The van der Waals surface area contributed by atoms with Crippen molar-refractivity contribution in [3.8, 4) is 0 Å². The van der Waals surface area contributed by atoms with Crippen LogP contribution in [0.2, 0.25) is 0 Å². The van der Waals surface area contributed by atoms with Gasteiger partial charge in [-0.05, 0) is 32.2 Å². The van der Waals surface area contributed by atoms with Crippen molar-refractivity contribution < 1.29 is 9.53 Å². The highest BCUT2D eigenvalue weighted by molar-refractivity contribution is 7.10. The number of ether oxygens (including phenoxy) is 1. The number of piperazine rings is 1. The molecule has 18 heavy (non-hydrogen) atoms. The van der Waals surface area contributed by atoms with Crippen LogP contribution in [0.25, 0.3) is 0 Å². The predicted molar refractivity (Wildman–Crippen MR) is 72.9 cm³/mol. The summed E-state index contributed by atoms with van der Waals surface area (Å²) in [6, 6.07) is 4.36.